The molecular weight excluding hydrogens is 426 g/mol. The summed E-state index contributed by atoms with van der Waals surface area (Å²) in [6.07, 6.45) is 1.37. The van der Waals surface area contributed by atoms with Crippen molar-refractivity contribution in [3.63, 3.8) is 0 Å². The SMILES string of the molecule is CC1(C)CC(=O)C2=C(C1)Nc1cc3c(cc1[C@@H]2c1ccc(OCc2ccccc2)cc1)OCO3. The van der Waals surface area contributed by atoms with Crippen LogP contribution < -0.4 is 19.5 Å². The van der Waals surface area contributed by atoms with Gasteiger partial charge in [0.1, 0.15) is 12.4 Å². The Morgan fingerprint density at radius 3 is 2.47 bits per heavy atom. The van der Waals surface area contributed by atoms with Gasteiger partial charge in [0.15, 0.2) is 17.3 Å². The summed E-state index contributed by atoms with van der Waals surface area (Å²) in [5.41, 5.74) is 6.01. The standard InChI is InChI=1S/C29H27NO4/c1-29(2)14-23-28(24(31)15-29)27(21-12-25-26(34-17-33-25)13-22(21)30-23)19-8-10-20(11-9-19)32-16-18-6-4-3-5-7-18/h3-13,27,30H,14-17H2,1-2H3/t27-/m0/s1. The Bertz CT molecular complexity index is 1290. The number of ether oxygens (including phenoxy) is 3. The van der Waals surface area contributed by atoms with E-state index in [4.69, 9.17) is 14.2 Å². The molecule has 2 heterocycles. The average Bonchev–Trinajstić information content (AvgIpc) is 3.28. The summed E-state index contributed by atoms with van der Waals surface area (Å²) in [6, 6.07) is 22.3. The van der Waals surface area contributed by atoms with E-state index in [0.717, 1.165) is 57.3 Å². The fraction of sp³-hybridized carbons (Fsp3) is 0.276. The molecule has 0 saturated heterocycles. The predicted octanol–water partition coefficient (Wildman–Crippen LogP) is 6.19. The van der Waals surface area contributed by atoms with Crippen LogP contribution in [0.2, 0.25) is 0 Å². The van der Waals surface area contributed by atoms with Gasteiger partial charge in [-0.05, 0) is 46.7 Å². The lowest BCUT2D eigenvalue weighted by molar-refractivity contribution is -0.118. The second-order valence-corrected chi connectivity index (χ2v) is 10.0. The molecule has 6 rings (SSSR count). The molecule has 0 aromatic heterocycles. The molecule has 5 nitrogen and oxygen atoms in total. The molecule has 5 heteroatoms. The van der Waals surface area contributed by atoms with Gasteiger partial charge in [-0.1, -0.05) is 56.3 Å². The Kier molecular flexibility index (Phi) is 4.87. The van der Waals surface area contributed by atoms with E-state index >= 15 is 0 Å². The average molecular weight is 454 g/mol. The largest absolute Gasteiger partial charge is 0.489 e. The molecule has 172 valence electrons. The zero-order valence-corrected chi connectivity index (χ0v) is 19.4. The zero-order valence-electron chi connectivity index (χ0n) is 19.4. The number of hydrogen-bond donors (Lipinski definition) is 1. The summed E-state index contributed by atoms with van der Waals surface area (Å²) >= 11 is 0. The van der Waals surface area contributed by atoms with E-state index in [1.165, 1.54) is 0 Å². The van der Waals surface area contributed by atoms with Crippen LogP contribution in [0.15, 0.2) is 78.0 Å². The van der Waals surface area contributed by atoms with Crippen molar-refractivity contribution in [3.8, 4) is 17.2 Å². The quantitative estimate of drug-likeness (QED) is 0.510. The summed E-state index contributed by atoms with van der Waals surface area (Å²) in [6.45, 7) is 5.04. The summed E-state index contributed by atoms with van der Waals surface area (Å²) < 4.78 is 17.3. The predicted molar refractivity (Wildman–Crippen MR) is 130 cm³/mol. The first-order chi connectivity index (χ1) is 16.5. The van der Waals surface area contributed by atoms with Crippen molar-refractivity contribution in [2.75, 3.05) is 12.1 Å². The molecular formula is C29H27NO4. The zero-order chi connectivity index (χ0) is 23.3. The van der Waals surface area contributed by atoms with Crippen molar-refractivity contribution in [1.29, 1.82) is 0 Å². The van der Waals surface area contributed by atoms with Crippen molar-refractivity contribution in [1.82, 2.24) is 0 Å². The van der Waals surface area contributed by atoms with Crippen LogP contribution in [0.5, 0.6) is 17.2 Å². The maximum atomic E-state index is 13.4. The number of carbonyl (C=O) groups is 1. The van der Waals surface area contributed by atoms with E-state index in [9.17, 15) is 4.79 Å². The highest BCUT2D eigenvalue weighted by Gasteiger charge is 2.41. The minimum absolute atomic E-state index is 0.0730. The monoisotopic (exact) mass is 453 g/mol. The molecule has 1 atom stereocenters. The lowest BCUT2D eigenvalue weighted by Crippen LogP contribution is -2.33. The number of rotatable bonds is 4. The third-order valence-electron chi connectivity index (χ3n) is 6.81. The Balaban J connectivity index is 1.37. The highest BCUT2D eigenvalue weighted by molar-refractivity contribution is 6.01. The van der Waals surface area contributed by atoms with Crippen LogP contribution >= 0.6 is 0 Å². The summed E-state index contributed by atoms with van der Waals surface area (Å²) in [4.78, 5) is 13.4. The van der Waals surface area contributed by atoms with Gasteiger partial charge in [0.05, 0.1) is 0 Å². The van der Waals surface area contributed by atoms with E-state index in [2.05, 4.69) is 43.4 Å². The maximum absolute atomic E-state index is 13.4. The number of allylic oxidation sites excluding steroid dienone is 2. The summed E-state index contributed by atoms with van der Waals surface area (Å²) in [5.74, 6) is 2.31. The van der Waals surface area contributed by atoms with Crippen LogP contribution in [0.3, 0.4) is 0 Å². The number of ketones is 1. The van der Waals surface area contributed by atoms with Crippen LogP contribution in [0.25, 0.3) is 0 Å². The van der Waals surface area contributed by atoms with Crippen molar-refractivity contribution < 1.29 is 19.0 Å². The van der Waals surface area contributed by atoms with Crippen LogP contribution in [0.4, 0.5) is 5.69 Å². The van der Waals surface area contributed by atoms with Gasteiger partial charge in [-0.2, -0.15) is 0 Å². The normalized spacial score (nSPS) is 19.8. The van der Waals surface area contributed by atoms with Gasteiger partial charge in [0.2, 0.25) is 6.79 Å². The van der Waals surface area contributed by atoms with Crippen molar-refractivity contribution in [2.24, 2.45) is 5.41 Å². The number of benzene rings is 3. The first-order valence-corrected chi connectivity index (χ1v) is 11.7. The number of fused-ring (bicyclic) bond motifs is 2. The highest BCUT2D eigenvalue weighted by atomic mass is 16.7. The van der Waals surface area contributed by atoms with E-state index in [0.29, 0.717) is 13.0 Å². The van der Waals surface area contributed by atoms with Crippen molar-refractivity contribution in [3.05, 3.63) is 94.7 Å². The molecule has 0 fully saturated rings. The van der Waals surface area contributed by atoms with Gasteiger partial charge in [0.25, 0.3) is 0 Å². The number of hydrogen-bond acceptors (Lipinski definition) is 5. The first kappa shape index (κ1) is 20.8. The molecule has 3 aromatic carbocycles. The maximum Gasteiger partial charge on any atom is 0.231 e. The van der Waals surface area contributed by atoms with E-state index in [1.807, 2.05) is 42.5 Å². The van der Waals surface area contributed by atoms with Crippen LogP contribution in [0, 0.1) is 5.41 Å². The number of carbonyl (C=O) groups excluding carboxylic acids is 1. The van der Waals surface area contributed by atoms with Crippen LogP contribution in [0.1, 0.15) is 49.3 Å². The fourth-order valence-electron chi connectivity index (χ4n) is 5.25. The van der Waals surface area contributed by atoms with Gasteiger partial charge in [-0.15, -0.1) is 0 Å². The van der Waals surface area contributed by atoms with E-state index in [1.54, 1.807) is 0 Å². The summed E-state index contributed by atoms with van der Waals surface area (Å²) in [7, 11) is 0. The molecule has 3 aromatic rings. The van der Waals surface area contributed by atoms with E-state index < -0.39 is 0 Å². The Morgan fingerprint density at radius 2 is 1.71 bits per heavy atom. The van der Waals surface area contributed by atoms with Gasteiger partial charge in [0, 0.05) is 35.4 Å². The van der Waals surface area contributed by atoms with Gasteiger partial charge in [-0.3, -0.25) is 4.79 Å². The Labute approximate surface area is 199 Å². The molecule has 0 unspecified atom stereocenters. The van der Waals surface area contributed by atoms with Crippen molar-refractivity contribution >= 4 is 11.5 Å². The molecule has 1 N–H and O–H groups in total. The Hall–Kier alpha value is -3.73. The first-order valence-electron chi connectivity index (χ1n) is 11.7. The number of anilines is 1. The third kappa shape index (κ3) is 3.71. The lowest BCUT2D eigenvalue weighted by atomic mass is 9.68. The number of Topliss-reactive ketones (excluding diaryl/α,β-unsaturated/α-hetero) is 1. The highest BCUT2D eigenvalue weighted by Crippen LogP contribution is 2.51. The second kappa shape index (κ2) is 7.94. The third-order valence-corrected chi connectivity index (χ3v) is 6.81. The number of nitrogens with one attached hydrogen (secondary N) is 1. The molecule has 2 aliphatic heterocycles. The Morgan fingerprint density at radius 1 is 0.971 bits per heavy atom. The van der Waals surface area contributed by atoms with Crippen LogP contribution in [-0.2, 0) is 11.4 Å². The fourth-order valence-corrected chi connectivity index (χ4v) is 5.25. The topological polar surface area (TPSA) is 56.8 Å². The summed E-state index contributed by atoms with van der Waals surface area (Å²) in [5, 5.41) is 3.56. The molecule has 0 spiro atoms. The molecule has 34 heavy (non-hydrogen) atoms. The molecule has 0 bridgehead atoms. The minimum Gasteiger partial charge on any atom is -0.489 e. The van der Waals surface area contributed by atoms with Gasteiger partial charge < -0.3 is 19.5 Å². The second-order valence-electron chi connectivity index (χ2n) is 10.0. The van der Waals surface area contributed by atoms with Crippen molar-refractivity contribution in [2.45, 2.75) is 39.2 Å². The molecule has 0 radical (unpaired) electrons. The minimum atomic E-state index is -0.160. The van der Waals surface area contributed by atoms with Gasteiger partial charge in [-0.25, -0.2) is 0 Å². The van der Waals surface area contributed by atoms with Gasteiger partial charge >= 0.3 is 0 Å². The van der Waals surface area contributed by atoms with E-state index in [-0.39, 0.29) is 23.9 Å². The lowest BCUT2D eigenvalue weighted by Gasteiger charge is -2.39. The molecule has 3 aliphatic rings. The smallest absolute Gasteiger partial charge is 0.231 e. The molecule has 0 amide bonds. The molecule has 1 aliphatic carbocycles. The molecule has 0 saturated carbocycles. The van der Waals surface area contributed by atoms with Crippen LogP contribution in [-0.4, -0.2) is 12.6 Å².